The molecule has 0 aliphatic rings. The predicted molar refractivity (Wildman–Crippen MR) is 110 cm³/mol. The van der Waals surface area contributed by atoms with E-state index in [1.807, 2.05) is 24.3 Å². The van der Waals surface area contributed by atoms with Crippen molar-refractivity contribution in [2.75, 3.05) is 19.8 Å². The molecule has 0 fully saturated rings. The van der Waals surface area contributed by atoms with Gasteiger partial charge < -0.3 is 14.2 Å². The number of ether oxygens (including phenoxy) is 3. The zero-order chi connectivity index (χ0) is 18.9. The highest BCUT2D eigenvalue weighted by atomic mass is 79.9. The fourth-order valence-electron chi connectivity index (χ4n) is 1.91. The maximum Gasteiger partial charge on any atom is 0.165 e. The third kappa shape index (κ3) is 7.35. The molecule has 0 saturated heterocycles. The van der Waals surface area contributed by atoms with E-state index < -0.39 is 4.74 Å². The van der Waals surface area contributed by atoms with Crippen LogP contribution in [0.1, 0.15) is 6.42 Å². The number of hydrogen-bond acceptors (Lipinski definition) is 3. The summed E-state index contributed by atoms with van der Waals surface area (Å²) in [5.41, 5.74) is 0. The molecule has 8 heteroatoms. The SMILES string of the molecule is FC(Br)=CCOc1cc(Cl)c(OCCCOc2ccc(Br)cc2)c(Cl)c1. The van der Waals surface area contributed by atoms with E-state index in [0.717, 1.165) is 10.2 Å². The Morgan fingerprint density at radius 2 is 1.58 bits per heavy atom. The summed E-state index contributed by atoms with van der Waals surface area (Å²) < 4.78 is 29.7. The number of rotatable bonds is 9. The lowest BCUT2D eigenvalue weighted by Crippen LogP contribution is -2.05. The van der Waals surface area contributed by atoms with Crippen LogP contribution in [0.25, 0.3) is 0 Å². The van der Waals surface area contributed by atoms with Gasteiger partial charge in [0, 0.05) is 23.0 Å². The molecule has 2 aromatic carbocycles. The third-order valence-corrected chi connectivity index (χ3v) is 4.49. The molecule has 0 spiro atoms. The smallest absolute Gasteiger partial charge is 0.165 e. The van der Waals surface area contributed by atoms with Crippen LogP contribution >= 0.6 is 55.1 Å². The van der Waals surface area contributed by atoms with E-state index in [-0.39, 0.29) is 6.61 Å². The molecule has 0 heterocycles. The van der Waals surface area contributed by atoms with Crippen molar-refractivity contribution in [3.63, 3.8) is 0 Å². The van der Waals surface area contributed by atoms with Crippen LogP contribution in [-0.2, 0) is 0 Å². The molecule has 140 valence electrons. The largest absolute Gasteiger partial charge is 0.493 e. The first kappa shape index (κ1) is 21.4. The normalized spacial score (nSPS) is 11.3. The van der Waals surface area contributed by atoms with Crippen molar-refractivity contribution < 1.29 is 18.6 Å². The van der Waals surface area contributed by atoms with E-state index in [9.17, 15) is 4.39 Å². The van der Waals surface area contributed by atoms with Crippen LogP contribution in [0.5, 0.6) is 17.2 Å². The molecule has 0 aliphatic heterocycles. The van der Waals surface area contributed by atoms with Crippen LogP contribution in [0.2, 0.25) is 10.0 Å². The maximum absolute atomic E-state index is 12.6. The summed E-state index contributed by atoms with van der Waals surface area (Å²) in [6.07, 6.45) is 1.90. The Morgan fingerprint density at radius 3 is 2.19 bits per heavy atom. The molecule has 0 saturated carbocycles. The standard InChI is InChI=1S/C18H15Br2Cl2FO3/c19-12-2-4-13(5-3-12)24-7-1-8-26-18-15(21)10-14(11-16(18)22)25-9-6-17(20)23/h2-6,10-11H,1,7-9H2. The fourth-order valence-corrected chi connectivity index (χ4v) is 2.89. The average molecular weight is 529 g/mol. The zero-order valence-electron chi connectivity index (χ0n) is 13.5. The zero-order valence-corrected chi connectivity index (χ0v) is 18.2. The molecule has 0 aliphatic carbocycles. The summed E-state index contributed by atoms with van der Waals surface area (Å²) in [5.74, 6) is 1.60. The van der Waals surface area contributed by atoms with Crippen molar-refractivity contribution in [2.24, 2.45) is 0 Å². The second kappa shape index (κ2) is 11.0. The minimum absolute atomic E-state index is 0.0529. The predicted octanol–water partition coefficient (Wildman–Crippen LogP) is 7.19. The molecule has 0 bridgehead atoms. The molecule has 0 radical (unpaired) electrons. The third-order valence-electron chi connectivity index (χ3n) is 3.08. The molecule has 3 nitrogen and oxygen atoms in total. The average Bonchev–Trinajstić information content (AvgIpc) is 2.58. The van der Waals surface area contributed by atoms with Gasteiger partial charge in [0.2, 0.25) is 0 Å². The molecule has 26 heavy (non-hydrogen) atoms. The van der Waals surface area contributed by atoms with Crippen molar-refractivity contribution in [3.05, 3.63) is 61.7 Å². The van der Waals surface area contributed by atoms with E-state index >= 15 is 0 Å². The molecular formula is C18H15Br2Cl2FO3. The second-order valence-corrected chi connectivity index (χ2v) is 7.51. The summed E-state index contributed by atoms with van der Waals surface area (Å²) in [5, 5.41) is 0.647. The minimum atomic E-state index is -0.500. The highest BCUT2D eigenvalue weighted by Crippen LogP contribution is 2.37. The van der Waals surface area contributed by atoms with Gasteiger partial charge in [-0.15, -0.1) is 0 Å². The van der Waals surface area contributed by atoms with Gasteiger partial charge in [0.05, 0.1) is 23.3 Å². The second-order valence-electron chi connectivity index (χ2n) is 5.03. The number of benzene rings is 2. The Hall–Kier alpha value is -0.950. The Balaban J connectivity index is 1.79. The lowest BCUT2D eigenvalue weighted by molar-refractivity contribution is 0.247. The number of halogens is 5. The molecule has 0 atom stereocenters. The van der Waals surface area contributed by atoms with Gasteiger partial charge >= 0.3 is 0 Å². The van der Waals surface area contributed by atoms with Crippen LogP contribution in [0.3, 0.4) is 0 Å². The summed E-state index contributed by atoms with van der Waals surface area (Å²) in [6.45, 7) is 0.952. The number of hydrogen-bond donors (Lipinski definition) is 0. The van der Waals surface area contributed by atoms with E-state index in [1.54, 1.807) is 12.1 Å². The minimum Gasteiger partial charge on any atom is -0.493 e. The Bertz CT molecular complexity index is 728. The van der Waals surface area contributed by atoms with Gasteiger partial charge in [-0.05, 0) is 46.3 Å². The van der Waals surface area contributed by atoms with E-state index in [1.165, 1.54) is 6.08 Å². The van der Waals surface area contributed by atoms with E-state index in [0.29, 0.717) is 41.2 Å². The Kier molecular flexibility index (Phi) is 9.05. The Labute approximate surface area is 178 Å². The topological polar surface area (TPSA) is 27.7 Å². The van der Waals surface area contributed by atoms with Gasteiger partial charge in [0.1, 0.15) is 18.1 Å². The van der Waals surface area contributed by atoms with Crippen molar-refractivity contribution in [1.82, 2.24) is 0 Å². The summed E-state index contributed by atoms with van der Waals surface area (Å²) >= 11 is 18.4. The van der Waals surface area contributed by atoms with Crippen LogP contribution in [0, 0.1) is 0 Å². The lowest BCUT2D eigenvalue weighted by Gasteiger charge is -2.12. The molecule has 0 N–H and O–H groups in total. The van der Waals surface area contributed by atoms with Crippen LogP contribution in [0.4, 0.5) is 4.39 Å². The molecule has 0 unspecified atom stereocenters. The molecule has 0 amide bonds. The first-order valence-electron chi connectivity index (χ1n) is 7.60. The summed E-state index contributed by atoms with van der Waals surface area (Å²) in [6, 6.07) is 10.7. The van der Waals surface area contributed by atoms with Crippen LogP contribution in [-0.4, -0.2) is 19.8 Å². The highest BCUT2D eigenvalue weighted by Gasteiger charge is 2.10. The maximum atomic E-state index is 12.6. The van der Waals surface area contributed by atoms with Crippen LogP contribution < -0.4 is 14.2 Å². The van der Waals surface area contributed by atoms with Crippen molar-refractivity contribution >= 4 is 55.1 Å². The van der Waals surface area contributed by atoms with Gasteiger partial charge in [-0.2, -0.15) is 4.39 Å². The van der Waals surface area contributed by atoms with Crippen molar-refractivity contribution in [2.45, 2.75) is 6.42 Å². The molecule has 0 aromatic heterocycles. The molecule has 2 rings (SSSR count). The summed E-state index contributed by atoms with van der Waals surface area (Å²) in [4.78, 5) is 0. The van der Waals surface area contributed by atoms with Gasteiger partial charge in [-0.1, -0.05) is 39.1 Å². The van der Waals surface area contributed by atoms with Crippen molar-refractivity contribution in [1.29, 1.82) is 0 Å². The molecular weight excluding hydrogens is 514 g/mol. The fraction of sp³-hybridized carbons (Fsp3) is 0.222. The monoisotopic (exact) mass is 526 g/mol. The quantitative estimate of drug-likeness (QED) is 0.322. The Morgan fingerprint density at radius 1 is 0.962 bits per heavy atom. The van der Waals surface area contributed by atoms with Crippen molar-refractivity contribution in [3.8, 4) is 17.2 Å². The van der Waals surface area contributed by atoms with Gasteiger partial charge in [-0.3, -0.25) is 0 Å². The van der Waals surface area contributed by atoms with Crippen LogP contribution in [0.15, 0.2) is 51.7 Å². The van der Waals surface area contributed by atoms with E-state index in [2.05, 4.69) is 31.9 Å². The van der Waals surface area contributed by atoms with Gasteiger partial charge in [0.25, 0.3) is 0 Å². The lowest BCUT2D eigenvalue weighted by atomic mass is 10.3. The first-order chi connectivity index (χ1) is 12.5. The van der Waals surface area contributed by atoms with Gasteiger partial charge in [-0.25, -0.2) is 0 Å². The summed E-state index contributed by atoms with van der Waals surface area (Å²) in [7, 11) is 0. The first-order valence-corrected chi connectivity index (χ1v) is 9.94. The molecule has 2 aromatic rings. The highest BCUT2D eigenvalue weighted by molar-refractivity contribution is 9.11. The van der Waals surface area contributed by atoms with Gasteiger partial charge in [0.15, 0.2) is 10.5 Å². The van der Waals surface area contributed by atoms with E-state index in [4.69, 9.17) is 37.4 Å².